The number of nitrogens with zero attached hydrogens (tertiary/aromatic N) is 4. The van der Waals surface area contributed by atoms with Gasteiger partial charge in [0.1, 0.15) is 40.8 Å². The largest absolute Gasteiger partial charge is 0.497 e. The van der Waals surface area contributed by atoms with E-state index >= 15 is 0 Å². The van der Waals surface area contributed by atoms with E-state index in [1.165, 1.54) is 14.2 Å². The number of nitriles is 2. The molecule has 10 heteroatoms. The third kappa shape index (κ3) is 2.96. The van der Waals surface area contributed by atoms with E-state index in [4.69, 9.17) is 26.2 Å². The van der Waals surface area contributed by atoms with E-state index in [1.54, 1.807) is 24.4 Å². The molecule has 0 aliphatic carbocycles. The first kappa shape index (κ1) is 17.6. The highest BCUT2D eigenvalue weighted by atomic mass is 16.5. The number of anilines is 3. The number of nitrogens with one attached hydrogen (secondary N) is 2. The van der Waals surface area contributed by atoms with Gasteiger partial charge in [-0.3, -0.25) is 5.32 Å². The van der Waals surface area contributed by atoms with Crippen LogP contribution in [0.2, 0.25) is 0 Å². The Balaban J connectivity index is 2.30. The van der Waals surface area contributed by atoms with Crippen LogP contribution in [0.1, 0.15) is 22.7 Å². The number of benzene rings is 1. The molecular weight excluding hydrogens is 348 g/mol. The molecule has 1 aliphatic heterocycles. The van der Waals surface area contributed by atoms with E-state index in [-0.39, 0.29) is 23.0 Å². The third-order valence-corrected chi connectivity index (χ3v) is 4.09. The summed E-state index contributed by atoms with van der Waals surface area (Å²) in [5.74, 6) is 1.56. The lowest BCUT2D eigenvalue weighted by molar-refractivity contribution is 0.397. The Kier molecular flexibility index (Phi) is 4.56. The first-order valence-corrected chi connectivity index (χ1v) is 7.74. The molecule has 6 N–H and O–H groups in total. The number of ether oxygens (including phenoxy) is 2. The molecule has 10 nitrogen and oxygen atoms in total. The fraction of sp³-hybridized carbons (Fsp3) is 0.176. The molecule has 0 amide bonds. The van der Waals surface area contributed by atoms with Crippen LogP contribution in [-0.4, -0.2) is 25.2 Å². The lowest BCUT2D eigenvalue weighted by atomic mass is 9.94. The number of nitrogens with two attached hydrogens (primary N) is 2. The van der Waals surface area contributed by atoms with Crippen LogP contribution in [0.15, 0.2) is 23.2 Å². The molecule has 27 heavy (non-hydrogen) atoms. The van der Waals surface area contributed by atoms with Gasteiger partial charge in [0.2, 0.25) is 5.96 Å². The van der Waals surface area contributed by atoms with Crippen LogP contribution >= 0.6 is 0 Å². The number of rotatable bonds is 3. The van der Waals surface area contributed by atoms with Crippen LogP contribution in [-0.2, 0) is 0 Å². The summed E-state index contributed by atoms with van der Waals surface area (Å²) in [5.41, 5.74) is 13.4. The van der Waals surface area contributed by atoms with Gasteiger partial charge in [-0.25, -0.2) is 9.98 Å². The van der Waals surface area contributed by atoms with Crippen LogP contribution in [0.4, 0.5) is 17.3 Å². The second kappa shape index (κ2) is 6.98. The van der Waals surface area contributed by atoms with Crippen LogP contribution in [0.25, 0.3) is 0 Å². The molecule has 2 heterocycles. The first-order valence-electron chi connectivity index (χ1n) is 7.74. The summed E-state index contributed by atoms with van der Waals surface area (Å²) >= 11 is 0. The Hall–Kier alpha value is -4.18. The van der Waals surface area contributed by atoms with Crippen molar-refractivity contribution in [2.45, 2.75) is 6.04 Å². The highest BCUT2D eigenvalue weighted by Gasteiger charge is 2.31. The fourth-order valence-electron chi connectivity index (χ4n) is 2.86. The van der Waals surface area contributed by atoms with Gasteiger partial charge in [-0.05, 0) is 18.2 Å². The number of guanidine groups is 1. The number of pyridine rings is 1. The maximum absolute atomic E-state index is 9.37. The Labute approximate surface area is 155 Å². The molecule has 0 saturated heterocycles. The van der Waals surface area contributed by atoms with Crippen molar-refractivity contribution in [1.29, 1.82) is 10.5 Å². The van der Waals surface area contributed by atoms with Gasteiger partial charge in [0.15, 0.2) is 6.19 Å². The van der Waals surface area contributed by atoms with Gasteiger partial charge in [0.05, 0.1) is 19.9 Å². The molecule has 0 saturated carbocycles. The zero-order valence-corrected chi connectivity index (χ0v) is 14.6. The average Bonchev–Trinajstić information content (AvgIpc) is 2.67. The first-order chi connectivity index (χ1) is 13.0. The minimum Gasteiger partial charge on any atom is -0.497 e. The standard InChI is InChI=1S/C17H16N8O2/c1-26-8-3-4-11(27-2)9(5-8)14-12-13(20)10(6-18)15(21)24-16(12)25-17(23-14)22-7-19/h3-5,14H,1-2H3,(H6,20,21,22,23,24,25). The SMILES string of the molecule is COc1ccc(OC)c(C2N=C(NC#N)Nc3nc(N)c(C#N)c(N)c32)c1. The van der Waals surface area contributed by atoms with E-state index in [0.29, 0.717) is 28.4 Å². The highest BCUT2D eigenvalue weighted by Crippen LogP contribution is 2.43. The summed E-state index contributed by atoms with van der Waals surface area (Å²) in [6, 6.07) is 6.47. The van der Waals surface area contributed by atoms with Crippen molar-refractivity contribution in [2.75, 3.05) is 31.0 Å². The lowest BCUT2D eigenvalue weighted by Gasteiger charge is -2.27. The molecule has 0 bridgehead atoms. The van der Waals surface area contributed by atoms with Gasteiger partial charge in [-0.1, -0.05) is 0 Å². The van der Waals surface area contributed by atoms with Gasteiger partial charge in [0.25, 0.3) is 0 Å². The number of aromatic nitrogens is 1. The number of fused-ring (bicyclic) bond motifs is 1. The van der Waals surface area contributed by atoms with Crippen LogP contribution in [0.3, 0.4) is 0 Å². The number of aliphatic imine (C=N–C) groups is 1. The minimum atomic E-state index is -0.706. The zero-order valence-electron chi connectivity index (χ0n) is 14.6. The van der Waals surface area contributed by atoms with Crippen LogP contribution < -0.4 is 31.6 Å². The molecular formula is C17H16N8O2. The highest BCUT2D eigenvalue weighted by molar-refractivity contribution is 5.98. The van der Waals surface area contributed by atoms with Gasteiger partial charge in [-0.15, -0.1) is 0 Å². The Morgan fingerprint density at radius 3 is 2.63 bits per heavy atom. The fourth-order valence-corrected chi connectivity index (χ4v) is 2.86. The number of hydrogen-bond donors (Lipinski definition) is 4. The van der Waals surface area contributed by atoms with Crippen LogP contribution in [0, 0.1) is 22.8 Å². The van der Waals surface area contributed by atoms with Gasteiger partial charge in [0, 0.05) is 11.1 Å². The Morgan fingerprint density at radius 1 is 1.22 bits per heavy atom. The van der Waals surface area contributed by atoms with Crippen molar-refractivity contribution >= 4 is 23.3 Å². The quantitative estimate of drug-likeness (QED) is 0.460. The predicted molar refractivity (Wildman–Crippen MR) is 99.0 cm³/mol. The van der Waals surface area contributed by atoms with E-state index in [1.807, 2.05) is 6.07 Å². The summed E-state index contributed by atoms with van der Waals surface area (Å²) < 4.78 is 10.7. The normalized spacial score (nSPS) is 14.7. The summed E-state index contributed by atoms with van der Waals surface area (Å²) in [5, 5.41) is 23.6. The smallest absolute Gasteiger partial charge is 0.211 e. The van der Waals surface area contributed by atoms with Crippen molar-refractivity contribution < 1.29 is 9.47 Å². The molecule has 1 aromatic carbocycles. The molecule has 3 rings (SSSR count). The number of nitrogen functional groups attached to an aromatic ring is 2. The molecule has 1 aliphatic rings. The van der Waals surface area contributed by atoms with Crippen molar-refractivity contribution in [2.24, 2.45) is 4.99 Å². The molecule has 1 unspecified atom stereocenters. The van der Waals surface area contributed by atoms with E-state index < -0.39 is 6.04 Å². The second-order valence-corrected chi connectivity index (χ2v) is 5.51. The molecule has 0 spiro atoms. The monoisotopic (exact) mass is 364 g/mol. The zero-order chi connectivity index (χ0) is 19.6. The Morgan fingerprint density at radius 2 is 2.00 bits per heavy atom. The maximum atomic E-state index is 9.37. The summed E-state index contributed by atoms with van der Waals surface area (Å²) in [6.45, 7) is 0. The summed E-state index contributed by atoms with van der Waals surface area (Å²) in [6.07, 6.45) is 1.80. The molecule has 1 atom stereocenters. The molecule has 1 aromatic heterocycles. The van der Waals surface area contributed by atoms with Gasteiger partial charge in [-0.2, -0.15) is 10.5 Å². The maximum Gasteiger partial charge on any atom is 0.211 e. The summed E-state index contributed by atoms with van der Waals surface area (Å²) in [4.78, 5) is 8.71. The predicted octanol–water partition coefficient (Wildman–Crippen LogP) is 1.08. The topological polar surface area (TPSA) is 167 Å². The van der Waals surface area contributed by atoms with Crippen molar-refractivity contribution in [3.63, 3.8) is 0 Å². The minimum absolute atomic E-state index is 0.0178. The lowest BCUT2D eigenvalue weighted by Crippen LogP contribution is -2.32. The second-order valence-electron chi connectivity index (χ2n) is 5.51. The number of hydrogen-bond acceptors (Lipinski definition) is 10. The van der Waals surface area contributed by atoms with E-state index in [9.17, 15) is 5.26 Å². The molecule has 2 aromatic rings. The average molecular weight is 364 g/mol. The van der Waals surface area contributed by atoms with E-state index in [2.05, 4.69) is 20.6 Å². The molecule has 0 radical (unpaired) electrons. The summed E-state index contributed by atoms with van der Waals surface area (Å²) in [7, 11) is 3.06. The molecule has 136 valence electrons. The Bertz CT molecular complexity index is 1020. The van der Waals surface area contributed by atoms with Crippen molar-refractivity contribution in [3.05, 3.63) is 34.9 Å². The number of methoxy groups -OCH3 is 2. The van der Waals surface area contributed by atoms with E-state index in [0.717, 1.165) is 0 Å². The van der Waals surface area contributed by atoms with Crippen LogP contribution in [0.5, 0.6) is 11.5 Å². The third-order valence-electron chi connectivity index (χ3n) is 4.09. The van der Waals surface area contributed by atoms with Crippen molar-refractivity contribution in [1.82, 2.24) is 10.3 Å². The van der Waals surface area contributed by atoms with Crippen molar-refractivity contribution in [3.8, 4) is 23.8 Å². The van der Waals surface area contributed by atoms with Gasteiger partial charge < -0.3 is 26.3 Å². The van der Waals surface area contributed by atoms with Gasteiger partial charge >= 0.3 is 0 Å². The molecule has 0 fully saturated rings.